The fourth-order valence-electron chi connectivity index (χ4n) is 4.07. The zero-order chi connectivity index (χ0) is 20.5. The third-order valence-corrected chi connectivity index (χ3v) is 5.38. The van der Waals surface area contributed by atoms with Crippen molar-refractivity contribution >= 4 is 28.2 Å². The van der Waals surface area contributed by atoms with Crippen LogP contribution in [0.2, 0.25) is 0 Å². The smallest absolute Gasteiger partial charge is 0.421 e. The van der Waals surface area contributed by atoms with E-state index in [1.54, 1.807) is 6.92 Å². The Morgan fingerprint density at radius 2 is 1.50 bits per heavy atom. The van der Waals surface area contributed by atoms with Gasteiger partial charge in [-0.2, -0.15) is 5.01 Å². The molecule has 0 spiro atoms. The lowest BCUT2D eigenvalue weighted by molar-refractivity contribution is -0.0472. The van der Waals surface area contributed by atoms with E-state index in [0.29, 0.717) is 0 Å². The summed E-state index contributed by atoms with van der Waals surface area (Å²) in [5.74, 6) is 0. The molecule has 1 fully saturated rings. The van der Waals surface area contributed by atoms with Gasteiger partial charge < -0.3 is 4.74 Å². The number of rotatable bonds is 4. The number of nitrogens with one attached hydrogen (secondary N) is 1. The number of hydrogen-bond acceptors (Lipinski definition) is 7. The molecule has 2 atom stereocenters. The number of para-hydroxylation sites is 2. The minimum atomic E-state index is -0.511. The minimum Gasteiger partial charge on any atom is -0.449 e. The van der Waals surface area contributed by atoms with Crippen LogP contribution in [0.5, 0.6) is 0 Å². The van der Waals surface area contributed by atoms with Crippen LogP contribution in [0.1, 0.15) is 38.5 Å². The van der Waals surface area contributed by atoms with Gasteiger partial charge >= 0.3 is 6.09 Å². The Labute approximate surface area is 172 Å². The summed E-state index contributed by atoms with van der Waals surface area (Å²) >= 11 is 0. The third-order valence-electron chi connectivity index (χ3n) is 5.38. The number of ether oxygens (including phenoxy) is 1. The minimum absolute atomic E-state index is 0.247. The van der Waals surface area contributed by atoms with E-state index in [4.69, 9.17) is 4.74 Å². The maximum Gasteiger partial charge on any atom is 0.421 e. The number of nitrogens with zero attached hydrogens (tertiary/aromatic N) is 7. The largest absolute Gasteiger partial charge is 0.449 e. The topological polar surface area (TPSA) is 103 Å². The standard InChI is InChI=1S/C20H22N8O2/c1-2-30-20(29)23-28-18(26-16-10-5-3-8-14(16)21-24-26)12-7-13-19(28)27-17-11-6-4-9-15(17)22-25-27/h3-6,8-11,18-19H,2,7,12-13H2,1H3,(H,23,29). The van der Waals surface area contributed by atoms with Crippen LogP contribution in [0, 0.1) is 0 Å². The number of benzene rings is 2. The first-order chi connectivity index (χ1) is 14.8. The van der Waals surface area contributed by atoms with Gasteiger partial charge in [0.25, 0.3) is 0 Å². The number of hydrazine groups is 1. The normalized spacial score (nSPS) is 19.9. The zero-order valence-corrected chi connectivity index (χ0v) is 16.5. The highest BCUT2D eigenvalue weighted by Crippen LogP contribution is 2.36. The quantitative estimate of drug-likeness (QED) is 0.556. The van der Waals surface area contributed by atoms with Crippen LogP contribution in [-0.2, 0) is 4.74 Å². The van der Waals surface area contributed by atoms with E-state index in [-0.39, 0.29) is 18.9 Å². The number of amides is 1. The number of aromatic nitrogens is 6. The molecule has 0 radical (unpaired) electrons. The van der Waals surface area contributed by atoms with Crippen LogP contribution >= 0.6 is 0 Å². The van der Waals surface area contributed by atoms with Gasteiger partial charge in [-0.1, -0.05) is 34.7 Å². The molecule has 2 aromatic heterocycles. The molecule has 0 saturated carbocycles. The molecular formula is C20H22N8O2. The van der Waals surface area contributed by atoms with Gasteiger partial charge in [0, 0.05) is 0 Å². The number of fused-ring (bicyclic) bond motifs is 2. The maximum absolute atomic E-state index is 12.4. The molecule has 30 heavy (non-hydrogen) atoms. The Hall–Kier alpha value is -3.53. The Balaban J connectivity index is 1.58. The van der Waals surface area contributed by atoms with Gasteiger partial charge in [0.15, 0.2) is 0 Å². The SMILES string of the molecule is CCOC(=O)NN1C(n2nnc3ccccc32)CCCC1n1nnc2ccccc21. The molecule has 5 rings (SSSR count). The highest BCUT2D eigenvalue weighted by atomic mass is 16.6. The van der Waals surface area contributed by atoms with Gasteiger partial charge in [-0.05, 0) is 50.5 Å². The number of hydrogen-bond donors (Lipinski definition) is 1. The van der Waals surface area contributed by atoms with Gasteiger partial charge in [0.2, 0.25) is 0 Å². The van der Waals surface area contributed by atoms with Crippen LogP contribution < -0.4 is 5.43 Å². The van der Waals surface area contributed by atoms with Gasteiger partial charge in [-0.3, -0.25) is 0 Å². The molecule has 10 nitrogen and oxygen atoms in total. The third kappa shape index (κ3) is 3.14. The molecule has 3 heterocycles. The Bertz CT molecular complexity index is 1100. The Kier molecular flexibility index (Phi) is 4.75. The fraction of sp³-hybridized carbons (Fsp3) is 0.350. The predicted octanol–water partition coefficient (Wildman–Crippen LogP) is 3.02. The average molecular weight is 406 g/mol. The van der Waals surface area contributed by atoms with Gasteiger partial charge in [-0.25, -0.2) is 19.6 Å². The summed E-state index contributed by atoms with van der Waals surface area (Å²) < 4.78 is 8.88. The lowest BCUT2D eigenvalue weighted by atomic mass is 10.1. The summed E-state index contributed by atoms with van der Waals surface area (Å²) in [6.07, 6.45) is 1.51. The first-order valence-corrected chi connectivity index (χ1v) is 10.1. The van der Waals surface area contributed by atoms with E-state index in [0.717, 1.165) is 41.3 Å². The highest BCUT2D eigenvalue weighted by molar-refractivity contribution is 5.75. The molecule has 0 bridgehead atoms. The summed E-state index contributed by atoms with van der Waals surface area (Å²) in [6.45, 7) is 2.06. The van der Waals surface area contributed by atoms with Crippen LogP contribution in [-0.4, -0.2) is 47.7 Å². The molecular weight excluding hydrogens is 384 g/mol. The van der Waals surface area contributed by atoms with Crippen molar-refractivity contribution in [1.29, 1.82) is 0 Å². The molecule has 1 aliphatic rings. The molecule has 0 aliphatic carbocycles. The van der Waals surface area contributed by atoms with Crippen LogP contribution in [0.15, 0.2) is 48.5 Å². The highest BCUT2D eigenvalue weighted by Gasteiger charge is 2.37. The maximum atomic E-state index is 12.4. The van der Waals surface area contributed by atoms with Crippen molar-refractivity contribution in [3.05, 3.63) is 48.5 Å². The molecule has 4 aromatic rings. The second-order valence-electron chi connectivity index (χ2n) is 7.18. The number of carbonyl (C=O) groups is 1. The molecule has 154 valence electrons. The van der Waals surface area contributed by atoms with E-state index >= 15 is 0 Å². The number of carbonyl (C=O) groups excluding carboxylic acids is 1. The predicted molar refractivity (Wildman–Crippen MR) is 109 cm³/mol. The summed E-state index contributed by atoms with van der Waals surface area (Å²) in [7, 11) is 0. The second-order valence-corrected chi connectivity index (χ2v) is 7.18. The van der Waals surface area contributed by atoms with Crippen molar-refractivity contribution < 1.29 is 9.53 Å². The van der Waals surface area contributed by atoms with Gasteiger partial charge in [0.05, 0.1) is 17.6 Å². The van der Waals surface area contributed by atoms with E-state index in [2.05, 4.69) is 26.0 Å². The molecule has 2 aromatic carbocycles. The zero-order valence-electron chi connectivity index (χ0n) is 16.5. The molecule has 1 aliphatic heterocycles. The fourth-order valence-corrected chi connectivity index (χ4v) is 4.07. The molecule has 1 N–H and O–H groups in total. The van der Waals surface area contributed by atoms with Crippen molar-refractivity contribution in [3.8, 4) is 0 Å². The lowest BCUT2D eigenvalue weighted by Gasteiger charge is -2.41. The van der Waals surface area contributed by atoms with Crippen molar-refractivity contribution in [1.82, 2.24) is 40.4 Å². The van der Waals surface area contributed by atoms with E-state index in [1.807, 2.05) is 62.9 Å². The summed E-state index contributed by atoms with van der Waals surface area (Å²) in [5, 5.41) is 19.2. The van der Waals surface area contributed by atoms with Crippen LogP contribution in [0.25, 0.3) is 22.1 Å². The van der Waals surface area contributed by atoms with Crippen molar-refractivity contribution in [2.45, 2.75) is 38.5 Å². The summed E-state index contributed by atoms with van der Waals surface area (Å²) in [6, 6.07) is 15.6. The first-order valence-electron chi connectivity index (χ1n) is 10.1. The molecule has 2 unspecified atom stereocenters. The molecule has 1 saturated heterocycles. The van der Waals surface area contributed by atoms with Crippen molar-refractivity contribution in [3.63, 3.8) is 0 Å². The number of piperidine rings is 1. The monoisotopic (exact) mass is 406 g/mol. The van der Waals surface area contributed by atoms with Gasteiger partial charge in [-0.15, -0.1) is 10.2 Å². The van der Waals surface area contributed by atoms with E-state index < -0.39 is 6.09 Å². The van der Waals surface area contributed by atoms with E-state index in [1.165, 1.54) is 0 Å². The van der Waals surface area contributed by atoms with E-state index in [9.17, 15) is 4.79 Å². The van der Waals surface area contributed by atoms with Crippen LogP contribution in [0.3, 0.4) is 0 Å². The molecule has 1 amide bonds. The van der Waals surface area contributed by atoms with Crippen molar-refractivity contribution in [2.75, 3.05) is 6.61 Å². The van der Waals surface area contributed by atoms with Crippen molar-refractivity contribution in [2.24, 2.45) is 0 Å². The summed E-state index contributed by atoms with van der Waals surface area (Å²) in [4.78, 5) is 12.4. The van der Waals surface area contributed by atoms with Gasteiger partial charge in [0.1, 0.15) is 23.4 Å². The average Bonchev–Trinajstić information content (AvgIpc) is 3.38. The molecule has 10 heteroatoms. The Morgan fingerprint density at radius 3 is 2.03 bits per heavy atom. The summed E-state index contributed by atoms with van der Waals surface area (Å²) in [5.41, 5.74) is 6.35. The second kappa shape index (κ2) is 7.71. The first kappa shape index (κ1) is 18.5. The van der Waals surface area contributed by atoms with Crippen LogP contribution in [0.4, 0.5) is 4.79 Å². The lowest BCUT2D eigenvalue weighted by Crippen LogP contribution is -2.52. The Morgan fingerprint density at radius 1 is 0.967 bits per heavy atom.